The second-order valence-electron chi connectivity index (χ2n) is 7.18. The maximum atomic E-state index is 4.71. The van der Waals surface area contributed by atoms with Gasteiger partial charge in [0.15, 0.2) is 5.96 Å². The summed E-state index contributed by atoms with van der Waals surface area (Å²) >= 11 is 0. The molecule has 0 atom stereocenters. The van der Waals surface area contributed by atoms with E-state index in [1.807, 2.05) is 19.4 Å². The van der Waals surface area contributed by atoms with Crippen LogP contribution < -0.4 is 10.6 Å². The van der Waals surface area contributed by atoms with Gasteiger partial charge in [-0.05, 0) is 44.4 Å². The van der Waals surface area contributed by atoms with E-state index in [9.17, 15) is 0 Å². The molecule has 0 spiro atoms. The van der Waals surface area contributed by atoms with E-state index < -0.39 is 0 Å². The largest absolute Gasteiger partial charge is 0.357 e. The van der Waals surface area contributed by atoms with Crippen LogP contribution in [0.4, 0.5) is 0 Å². The Balaban J connectivity index is 1.47. The zero-order valence-corrected chi connectivity index (χ0v) is 17.6. The Morgan fingerprint density at radius 2 is 1.90 bits per heavy atom. The van der Waals surface area contributed by atoms with Crippen LogP contribution in [0.15, 0.2) is 54.0 Å². The maximum absolute atomic E-state index is 4.71. The molecule has 3 rings (SSSR count). The Morgan fingerprint density at radius 3 is 2.55 bits per heavy atom. The maximum Gasteiger partial charge on any atom is 0.191 e. The molecule has 0 aliphatic rings. The second kappa shape index (κ2) is 10.5. The Labute approximate surface area is 172 Å². The third kappa shape index (κ3) is 6.48. The number of rotatable bonds is 9. The third-order valence-electron chi connectivity index (χ3n) is 4.65. The van der Waals surface area contributed by atoms with Gasteiger partial charge in [0.2, 0.25) is 0 Å². The van der Waals surface area contributed by atoms with E-state index in [2.05, 4.69) is 74.1 Å². The molecule has 0 unspecified atom stereocenters. The van der Waals surface area contributed by atoms with Gasteiger partial charge < -0.3 is 15.2 Å². The van der Waals surface area contributed by atoms with Crippen molar-refractivity contribution in [1.82, 2.24) is 30.0 Å². The lowest BCUT2D eigenvalue weighted by molar-refractivity contribution is 0.555. The number of imidazole rings is 1. The van der Waals surface area contributed by atoms with Gasteiger partial charge in [-0.1, -0.05) is 24.3 Å². The van der Waals surface area contributed by atoms with Crippen LogP contribution in [0, 0.1) is 13.8 Å². The van der Waals surface area contributed by atoms with Crippen LogP contribution in [0.25, 0.3) is 0 Å². The van der Waals surface area contributed by atoms with Gasteiger partial charge in [0, 0.05) is 44.3 Å². The molecule has 0 amide bonds. The van der Waals surface area contributed by atoms with Crippen LogP contribution >= 0.6 is 0 Å². The minimum atomic E-state index is 0.651. The number of benzene rings is 1. The van der Waals surface area contributed by atoms with Crippen molar-refractivity contribution < 1.29 is 0 Å². The minimum absolute atomic E-state index is 0.651. The smallest absolute Gasteiger partial charge is 0.191 e. The molecule has 154 valence electrons. The van der Waals surface area contributed by atoms with Crippen molar-refractivity contribution >= 4 is 5.96 Å². The van der Waals surface area contributed by atoms with Crippen LogP contribution in [0.2, 0.25) is 0 Å². The molecular formula is C22H31N7. The molecule has 7 heteroatoms. The predicted octanol–water partition coefficient (Wildman–Crippen LogP) is 2.89. The lowest BCUT2D eigenvalue weighted by Gasteiger charge is -2.12. The second-order valence-corrected chi connectivity index (χ2v) is 7.18. The van der Waals surface area contributed by atoms with Crippen molar-refractivity contribution in [3.63, 3.8) is 0 Å². The summed E-state index contributed by atoms with van der Waals surface area (Å²) in [6.45, 7) is 10.3. The Kier molecular flexibility index (Phi) is 7.44. The molecule has 0 bridgehead atoms. The number of hydrogen-bond donors (Lipinski definition) is 2. The van der Waals surface area contributed by atoms with Gasteiger partial charge in [-0.15, -0.1) is 0 Å². The normalized spacial score (nSPS) is 11.6. The van der Waals surface area contributed by atoms with Gasteiger partial charge in [-0.3, -0.25) is 4.68 Å². The molecule has 0 aliphatic carbocycles. The number of nitrogens with one attached hydrogen (secondary N) is 2. The molecule has 0 aliphatic heterocycles. The zero-order valence-electron chi connectivity index (χ0n) is 17.6. The number of nitrogens with zero attached hydrogens (tertiary/aromatic N) is 5. The van der Waals surface area contributed by atoms with Gasteiger partial charge in [0.25, 0.3) is 0 Å². The van der Waals surface area contributed by atoms with Gasteiger partial charge in [-0.2, -0.15) is 5.10 Å². The molecule has 29 heavy (non-hydrogen) atoms. The third-order valence-corrected chi connectivity index (χ3v) is 4.65. The lowest BCUT2D eigenvalue weighted by atomic mass is 10.1. The molecule has 0 saturated heterocycles. The molecule has 2 N–H and O–H groups in total. The minimum Gasteiger partial charge on any atom is -0.357 e. The summed E-state index contributed by atoms with van der Waals surface area (Å²) in [5.41, 5.74) is 4.73. The molecular weight excluding hydrogens is 362 g/mol. The first-order chi connectivity index (χ1) is 14.1. The Morgan fingerprint density at radius 1 is 1.10 bits per heavy atom. The van der Waals surface area contributed by atoms with E-state index in [0.29, 0.717) is 6.54 Å². The number of guanidine groups is 1. The SMILES string of the molecule is CCNC(=NCc1ccc(Cn2ccnc2)cc1)NCCCn1nc(C)cc1C. The first-order valence-electron chi connectivity index (χ1n) is 10.2. The summed E-state index contributed by atoms with van der Waals surface area (Å²) in [5, 5.41) is 11.2. The van der Waals surface area contributed by atoms with E-state index in [0.717, 1.165) is 44.3 Å². The van der Waals surface area contributed by atoms with Gasteiger partial charge in [0.05, 0.1) is 18.6 Å². The number of aromatic nitrogens is 4. The van der Waals surface area contributed by atoms with Crippen LogP contribution in [0.5, 0.6) is 0 Å². The van der Waals surface area contributed by atoms with E-state index in [4.69, 9.17) is 4.99 Å². The summed E-state index contributed by atoms with van der Waals surface area (Å²) < 4.78 is 4.12. The van der Waals surface area contributed by atoms with Crippen LogP contribution in [0.1, 0.15) is 35.9 Å². The molecule has 2 aromatic heterocycles. The van der Waals surface area contributed by atoms with Gasteiger partial charge in [-0.25, -0.2) is 9.98 Å². The average Bonchev–Trinajstić information content (AvgIpc) is 3.33. The highest BCUT2D eigenvalue weighted by Gasteiger charge is 2.02. The van der Waals surface area contributed by atoms with E-state index in [1.165, 1.54) is 16.8 Å². The molecule has 2 heterocycles. The topological polar surface area (TPSA) is 72.1 Å². The molecule has 7 nitrogen and oxygen atoms in total. The fourth-order valence-corrected chi connectivity index (χ4v) is 3.19. The highest BCUT2D eigenvalue weighted by atomic mass is 15.3. The van der Waals surface area contributed by atoms with Crippen molar-refractivity contribution in [2.45, 2.75) is 46.8 Å². The Hall–Kier alpha value is -3.09. The van der Waals surface area contributed by atoms with Crippen molar-refractivity contribution in [1.29, 1.82) is 0 Å². The number of hydrogen-bond acceptors (Lipinski definition) is 3. The summed E-state index contributed by atoms with van der Waals surface area (Å²) in [5.74, 6) is 0.850. The molecule has 3 aromatic rings. The zero-order chi connectivity index (χ0) is 20.5. The lowest BCUT2D eigenvalue weighted by Crippen LogP contribution is -2.38. The predicted molar refractivity (Wildman–Crippen MR) is 117 cm³/mol. The highest BCUT2D eigenvalue weighted by molar-refractivity contribution is 5.79. The molecule has 0 radical (unpaired) electrons. The monoisotopic (exact) mass is 393 g/mol. The molecule has 1 aromatic carbocycles. The average molecular weight is 394 g/mol. The van der Waals surface area contributed by atoms with Crippen LogP contribution in [-0.2, 0) is 19.6 Å². The highest BCUT2D eigenvalue weighted by Crippen LogP contribution is 2.07. The fourth-order valence-electron chi connectivity index (χ4n) is 3.19. The van der Waals surface area contributed by atoms with Crippen LogP contribution in [-0.4, -0.2) is 38.4 Å². The molecule has 0 saturated carbocycles. The number of aliphatic imine (C=N–C) groups is 1. The standard InChI is InChI=1S/C22H31N7/c1-4-24-22(25-10-5-12-29-19(3)14-18(2)27-29)26-15-20-6-8-21(9-7-20)16-28-13-11-23-17-28/h6-9,11,13-14,17H,4-5,10,12,15-16H2,1-3H3,(H2,24,25,26). The van der Waals surface area contributed by atoms with Crippen molar-refractivity contribution in [3.8, 4) is 0 Å². The summed E-state index contributed by atoms with van der Waals surface area (Å²) in [6.07, 6.45) is 6.60. The number of aryl methyl sites for hydroxylation is 3. The quantitative estimate of drug-likeness (QED) is 0.333. The fraction of sp³-hybridized carbons (Fsp3) is 0.409. The van der Waals surface area contributed by atoms with Crippen LogP contribution in [0.3, 0.4) is 0 Å². The molecule has 0 fully saturated rings. The van der Waals surface area contributed by atoms with Crippen molar-refractivity contribution in [2.75, 3.05) is 13.1 Å². The van der Waals surface area contributed by atoms with Gasteiger partial charge >= 0.3 is 0 Å². The first-order valence-corrected chi connectivity index (χ1v) is 10.2. The van der Waals surface area contributed by atoms with Crippen molar-refractivity contribution in [2.24, 2.45) is 4.99 Å². The van der Waals surface area contributed by atoms with Gasteiger partial charge in [0.1, 0.15) is 0 Å². The van der Waals surface area contributed by atoms with E-state index in [-0.39, 0.29) is 0 Å². The Bertz CT molecular complexity index is 892. The summed E-state index contributed by atoms with van der Waals surface area (Å²) in [6, 6.07) is 10.7. The van der Waals surface area contributed by atoms with E-state index >= 15 is 0 Å². The van der Waals surface area contributed by atoms with E-state index in [1.54, 1.807) is 6.20 Å². The summed E-state index contributed by atoms with van der Waals surface area (Å²) in [4.78, 5) is 8.79. The summed E-state index contributed by atoms with van der Waals surface area (Å²) in [7, 11) is 0. The first kappa shape index (κ1) is 20.6. The van der Waals surface area contributed by atoms with Crippen molar-refractivity contribution in [3.05, 3.63) is 71.6 Å².